The Kier molecular flexibility index (Phi) is 38.2. The van der Waals surface area contributed by atoms with E-state index in [-0.39, 0.29) is 25.0 Å². The molecule has 1 N–H and O–H groups in total. The van der Waals surface area contributed by atoms with Crippen molar-refractivity contribution >= 4 is 11.9 Å². The van der Waals surface area contributed by atoms with Gasteiger partial charge in [0.05, 0.1) is 59.1 Å². The SMILES string of the molecule is CCCCCCCCCCCOC(=O)CCOCCN(CCN(CCO)CCOCCC(=O)OCC(CCCCCCCC)CCCCCCCC)C1CCC1. The first-order chi connectivity index (χ1) is 27.5. The first-order valence-electron chi connectivity index (χ1n) is 24.1. The molecule has 0 atom stereocenters. The largest absolute Gasteiger partial charge is 0.466 e. The molecular formula is C47H92N2O7. The number of carbonyl (C=O) groups excluding carboxylic acids is 2. The van der Waals surface area contributed by atoms with Crippen molar-refractivity contribution < 1.29 is 33.6 Å². The minimum Gasteiger partial charge on any atom is -0.466 e. The average Bonchev–Trinajstić information content (AvgIpc) is 3.17. The fraction of sp³-hybridized carbons (Fsp3) is 0.957. The summed E-state index contributed by atoms with van der Waals surface area (Å²) in [5.74, 6) is 0.154. The lowest BCUT2D eigenvalue weighted by Crippen LogP contribution is -2.46. The third-order valence-corrected chi connectivity index (χ3v) is 11.6. The van der Waals surface area contributed by atoms with Crippen molar-refractivity contribution in [3.8, 4) is 0 Å². The predicted molar refractivity (Wildman–Crippen MR) is 232 cm³/mol. The smallest absolute Gasteiger partial charge is 0.308 e. The number of esters is 2. The molecule has 332 valence electrons. The van der Waals surface area contributed by atoms with E-state index in [9.17, 15) is 14.7 Å². The van der Waals surface area contributed by atoms with Crippen molar-refractivity contribution in [2.45, 2.75) is 207 Å². The summed E-state index contributed by atoms with van der Waals surface area (Å²) >= 11 is 0. The topological polar surface area (TPSA) is 97.8 Å². The van der Waals surface area contributed by atoms with Crippen LogP contribution in [0.3, 0.4) is 0 Å². The summed E-state index contributed by atoms with van der Waals surface area (Å²) in [6.07, 6.45) is 33.4. The summed E-state index contributed by atoms with van der Waals surface area (Å²) in [5.41, 5.74) is 0. The Labute approximate surface area is 346 Å². The van der Waals surface area contributed by atoms with Gasteiger partial charge in [0.25, 0.3) is 0 Å². The van der Waals surface area contributed by atoms with E-state index in [1.165, 1.54) is 141 Å². The lowest BCUT2D eigenvalue weighted by atomic mass is 9.91. The number of aliphatic hydroxyl groups excluding tert-OH is 1. The van der Waals surface area contributed by atoms with Crippen molar-refractivity contribution in [1.29, 1.82) is 0 Å². The van der Waals surface area contributed by atoms with Crippen LogP contribution in [-0.4, -0.2) is 112 Å². The first kappa shape index (κ1) is 52.8. The molecule has 0 aromatic heterocycles. The van der Waals surface area contributed by atoms with E-state index in [1.54, 1.807) is 0 Å². The predicted octanol–water partition coefficient (Wildman–Crippen LogP) is 10.7. The molecule has 1 fully saturated rings. The second kappa shape index (κ2) is 40.5. The maximum Gasteiger partial charge on any atom is 0.308 e. The summed E-state index contributed by atoms with van der Waals surface area (Å²) in [4.78, 5) is 29.5. The minimum atomic E-state index is -0.162. The van der Waals surface area contributed by atoms with Gasteiger partial charge in [0, 0.05) is 38.8 Å². The van der Waals surface area contributed by atoms with Crippen molar-refractivity contribution in [3.05, 3.63) is 0 Å². The molecule has 0 radical (unpaired) electrons. The fourth-order valence-electron chi connectivity index (χ4n) is 7.56. The molecule has 1 saturated carbocycles. The maximum absolute atomic E-state index is 12.6. The van der Waals surface area contributed by atoms with E-state index in [0.717, 1.165) is 45.3 Å². The third-order valence-electron chi connectivity index (χ3n) is 11.6. The van der Waals surface area contributed by atoms with Gasteiger partial charge in [-0.15, -0.1) is 0 Å². The molecule has 0 amide bonds. The summed E-state index contributed by atoms with van der Waals surface area (Å²) in [6, 6.07) is 0.578. The number of carbonyl (C=O) groups is 2. The van der Waals surface area contributed by atoms with E-state index in [4.69, 9.17) is 18.9 Å². The monoisotopic (exact) mass is 797 g/mol. The van der Waals surface area contributed by atoms with Crippen molar-refractivity contribution in [3.63, 3.8) is 0 Å². The normalized spacial score (nSPS) is 13.3. The molecule has 0 heterocycles. The number of rotatable bonds is 44. The number of aliphatic hydroxyl groups is 1. The van der Waals surface area contributed by atoms with Crippen LogP contribution in [0.1, 0.15) is 201 Å². The van der Waals surface area contributed by atoms with Crippen LogP contribution < -0.4 is 0 Å². The number of ether oxygens (including phenoxy) is 4. The van der Waals surface area contributed by atoms with Crippen LogP contribution in [0.2, 0.25) is 0 Å². The molecule has 0 unspecified atom stereocenters. The van der Waals surface area contributed by atoms with Gasteiger partial charge >= 0.3 is 11.9 Å². The summed E-state index contributed by atoms with van der Waals surface area (Å²) in [6.45, 7) is 13.7. The lowest BCUT2D eigenvalue weighted by molar-refractivity contribution is -0.147. The molecule has 0 spiro atoms. The van der Waals surface area contributed by atoms with Crippen LogP contribution in [0.15, 0.2) is 0 Å². The fourth-order valence-corrected chi connectivity index (χ4v) is 7.56. The van der Waals surface area contributed by atoms with Gasteiger partial charge in [-0.2, -0.15) is 0 Å². The molecular weight excluding hydrogens is 705 g/mol. The Morgan fingerprint density at radius 3 is 1.52 bits per heavy atom. The molecule has 1 aliphatic rings. The molecule has 0 aromatic carbocycles. The molecule has 9 nitrogen and oxygen atoms in total. The van der Waals surface area contributed by atoms with Gasteiger partial charge in [-0.3, -0.25) is 19.4 Å². The van der Waals surface area contributed by atoms with E-state index in [1.807, 2.05) is 0 Å². The lowest BCUT2D eigenvalue weighted by Gasteiger charge is -2.38. The highest BCUT2D eigenvalue weighted by molar-refractivity contribution is 5.69. The van der Waals surface area contributed by atoms with Crippen molar-refractivity contribution in [2.75, 3.05) is 79.0 Å². The molecule has 0 aliphatic heterocycles. The molecule has 1 rings (SSSR count). The quantitative estimate of drug-likeness (QED) is 0.0477. The Morgan fingerprint density at radius 1 is 0.536 bits per heavy atom. The van der Waals surface area contributed by atoms with Crippen LogP contribution >= 0.6 is 0 Å². The third kappa shape index (κ3) is 32.7. The van der Waals surface area contributed by atoms with Gasteiger partial charge in [-0.25, -0.2) is 0 Å². The minimum absolute atomic E-state index is 0.104. The number of hydrogen-bond donors (Lipinski definition) is 1. The highest BCUT2D eigenvalue weighted by Gasteiger charge is 2.25. The number of nitrogens with zero attached hydrogens (tertiary/aromatic N) is 2. The molecule has 1 aliphatic carbocycles. The molecule has 56 heavy (non-hydrogen) atoms. The molecule has 9 heteroatoms. The van der Waals surface area contributed by atoms with Gasteiger partial charge in [0.2, 0.25) is 0 Å². The van der Waals surface area contributed by atoms with Gasteiger partial charge in [0.1, 0.15) is 0 Å². The zero-order valence-electron chi connectivity index (χ0n) is 37.2. The molecule has 0 saturated heterocycles. The second-order valence-electron chi connectivity index (χ2n) is 16.6. The van der Waals surface area contributed by atoms with Crippen molar-refractivity contribution in [2.24, 2.45) is 5.92 Å². The van der Waals surface area contributed by atoms with Gasteiger partial charge in [-0.1, -0.05) is 156 Å². The van der Waals surface area contributed by atoms with Gasteiger partial charge in [0.15, 0.2) is 0 Å². The van der Waals surface area contributed by atoms with Crippen LogP contribution in [0.25, 0.3) is 0 Å². The first-order valence-corrected chi connectivity index (χ1v) is 24.1. The summed E-state index contributed by atoms with van der Waals surface area (Å²) < 4.78 is 22.9. The zero-order valence-corrected chi connectivity index (χ0v) is 37.2. The van der Waals surface area contributed by atoms with E-state index >= 15 is 0 Å². The summed E-state index contributed by atoms with van der Waals surface area (Å²) in [5, 5.41) is 9.72. The Morgan fingerprint density at radius 2 is 1.02 bits per heavy atom. The van der Waals surface area contributed by atoms with Gasteiger partial charge < -0.3 is 24.1 Å². The Balaban J connectivity index is 2.24. The van der Waals surface area contributed by atoms with E-state index < -0.39 is 0 Å². The van der Waals surface area contributed by atoms with E-state index in [2.05, 4.69) is 30.6 Å². The number of unbranched alkanes of at least 4 members (excludes halogenated alkanes) is 18. The maximum atomic E-state index is 12.6. The second-order valence-corrected chi connectivity index (χ2v) is 16.6. The summed E-state index contributed by atoms with van der Waals surface area (Å²) in [7, 11) is 0. The highest BCUT2D eigenvalue weighted by atomic mass is 16.5. The molecule has 0 aromatic rings. The average molecular weight is 797 g/mol. The highest BCUT2D eigenvalue weighted by Crippen LogP contribution is 2.24. The number of hydrogen-bond acceptors (Lipinski definition) is 9. The Hall–Kier alpha value is -1.26. The van der Waals surface area contributed by atoms with Crippen LogP contribution in [-0.2, 0) is 28.5 Å². The van der Waals surface area contributed by atoms with Crippen LogP contribution in [0.5, 0.6) is 0 Å². The van der Waals surface area contributed by atoms with Crippen molar-refractivity contribution in [1.82, 2.24) is 9.80 Å². The van der Waals surface area contributed by atoms with Crippen LogP contribution in [0.4, 0.5) is 0 Å². The van der Waals surface area contributed by atoms with Crippen LogP contribution in [0, 0.1) is 5.92 Å². The van der Waals surface area contributed by atoms with Gasteiger partial charge in [-0.05, 0) is 38.0 Å². The van der Waals surface area contributed by atoms with E-state index in [0.29, 0.717) is 71.1 Å². The standard InChI is InChI=1S/C47H92N2O7/c1-4-7-10-13-16-17-18-21-24-38-55-46(51)30-39-54-42-36-49(45-28-25-29-45)33-32-48(34-37-50)35-41-53-40-31-47(52)56-43-44(26-22-19-14-11-8-5-2)27-23-20-15-12-9-6-3/h44-45,50H,4-43H2,1-3H3. The zero-order chi connectivity index (χ0) is 40.6. The Bertz CT molecular complexity index is 842. The molecule has 0 bridgehead atoms.